The van der Waals surface area contributed by atoms with Crippen LogP contribution in [-0.2, 0) is 13.0 Å². The summed E-state index contributed by atoms with van der Waals surface area (Å²) in [6.45, 7) is 2.54. The summed E-state index contributed by atoms with van der Waals surface area (Å²) in [4.78, 5) is 0. The molecule has 0 bridgehead atoms. The first-order valence-corrected chi connectivity index (χ1v) is 6.03. The number of halogens is 1. The molecule has 0 fully saturated rings. The molecule has 0 atom stereocenters. The normalized spacial score (nSPS) is 10.8. The second kappa shape index (κ2) is 5.29. The Morgan fingerprint density at radius 1 is 1.29 bits per heavy atom. The van der Waals surface area contributed by atoms with E-state index in [0.29, 0.717) is 11.6 Å². The summed E-state index contributed by atoms with van der Waals surface area (Å²) in [5.74, 6) is 0. The molecule has 1 heterocycles. The Labute approximate surface area is 105 Å². The summed E-state index contributed by atoms with van der Waals surface area (Å²) < 4.78 is 1.84. The van der Waals surface area contributed by atoms with E-state index < -0.39 is 0 Å². The van der Waals surface area contributed by atoms with Gasteiger partial charge in [-0.2, -0.15) is 0 Å². The summed E-state index contributed by atoms with van der Waals surface area (Å²) >= 11 is 5.87. The topological polar surface area (TPSA) is 56.7 Å². The van der Waals surface area contributed by atoms with Gasteiger partial charge in [-0.25, -0.2) is 4.68 Å². The Balaban J connectivity index is 2.43. The zero-order chi connectivity index (χ0) is 12.3. The number of aromatic nitrogens is 3. The van der Waals surface area contributed by atoms with Gasteiger partial charge < -0.3 is 5.73 Å². The monoisotopic (exact) mass is 250 g/mol. The summed E-state index contributed by atoms with van der Waals surface area (Å²) in [6.07, 6.45) is 1.95. The number of nitrogens with zero attached hydrogens (tertiary/aromatic N) is 3. The van der Waals surface area contributed by atoms with Crippen molar-refractivity contribution >= 4 is 11.6 Å². The molecule has 4 nitrogen and oxygen atoms in total. The van der Waals surface area contributed by atoms with E-state index in [9.17, 15) is 0 Å². The molecule has 17 heavy (non-hydrogen) atoms. The van der Waals surface area contributed by atoms with Gasteiger partial charge in [0.25, 0.3) is 0 Å². The lowest BCUT2D eigenvalue weighted by Crippen LogP contribution is -2.05. The minimum Gasteiger partial charge on any atom is -0.325 e. The molecule has 2 rings (SSSR count). The minimum atomic E-state index is 0.420. The fourth-order valence-electron chi connectivity index (χ4n) is 1.77. The summed E-state index contributed by atoms with van der Waals surface area (Å²) in [5, 5.41) is 8.97. The Hall–Kier alpha value is -1.39. The lowest BCUT2D eigenvalue weighted by atomic mass is 10.2. The molecule has 0 amide bonds. The first-order valence-electron chi connectivity index (χ1n) is 5.65. The quantitative estimate of drug-likeness (QED) is 0.906. The van der Waals surface area contributed by atoms with E-state index in [1.165, 1.54) is 0 Å². The van der Waals surface area contributed by atoms with E-state index in [1.807, 2.05) is 28.9 Å². The molecule has 5 heteroatoms. The summed E-state index contributed by atoms with van der Waals surface area (Å²) in [7, 11) is 0. The Kier molecular flexibility index (Phi) is 3.76. The van der Waals surface area contributed by atoms with Crippen molar-refractivity contribution in [1.29, 1.82) is 0 Å². The van der Waals surface area contributed by atoms with Gasteiger partial charge in [-0.05, 0) is 30.7 Å². The van der Waals surface area contributed by atoms with Crippen molar-refractivity contribution in [3.05, 3.63) is 40.7 Å². The first-order chi connectivity index (χ1) is 8.26. The Bertz CT molecular complexity index is 490. The molecule has 0 radical (unpaired) electrons. The number of rotatable bonds is 4. The molecule has 0 unspecified atom stereocenters. The van der Waals surface area contributed by atoms with Crippen LogP contribution in [0.2, 0.25) is 5.02 Å². The molecule has 0 aliphatic rings. The second-order valence-corrected chi connectivity index (χ2v) is 4.26. The summed E-state index contributed by atoms with van der Waals surface area (Å²) in [5.41, 5.74) is 8.57. The highest BCUT2D eigenvalue weighted by atomic mass is 35.5. The van der Waals surface area contributed by atoms with E-state index in [1.54, 1.807) is 0 Å². The maximum atomic E-state index is 5.87. The van der Waals surface area contributed by atoms with E-state index in [4.69, 9.17) is 17.3 Å². The third-order valence-electron chi connectivity index (χ3n) is 2.60. The van der Waals surface area contributed by atoms with Gasteiger partial charge in [-0.1, -0.05) is 30.2 Å². The molecule has 1 aromatic carbocycles. The van der Waals surface area contributed by atoms with Crippen molar-refractivity contribution in [3.8, 4) is 5.69 Å². The van der Waals surface area contributed by atoms with Crippen LogP contribution < -0.4 is 5.73 Å². The van der Waals surface area contributed by atoms with Gasteiger partial charge in [0.15, 0.2) is 0 Å². The fourth-order valence-corrected chi connectivity index (χ4v) is 1.89. The fraction of sp³-hybridized carbons (Fsp3) is 0.333. The predicted molar refractivity (Wildman–Crippen MR) is 68.3 cm³/mol. The van der Waals surface area contributed by atoms with E-state index in [0.717, 1.165) is 29.9 Å². The van der Waals surface area contributed by atoms with Crippen LogP contribution in [0.5, 0.6) is 0 Å². The summed E-state index contributed by atoms with van der Waals surface area (Å²) in [6, 6.07) is 7.54. The van der Waals surface area contributed by atoms with Crippen LogP contribution in [0.3, 0.4) is 0 Å². The van der Waals surface area contributed by atoms with Crippen LogP contribution in [0.4, 0.5) is 0 Å². The van der Waals surface area contributed by atoms with Gasteiger partial charge in [-0.3, -0.25) is 0 Å². The van der Waals surface area contributed by atoms with Gasteiger partial charge >= 0.3 is 0 Å². The smallest absolute Gasteiger partial charge is 0.0999 e. The lowest BCUT2D eigenvalue weighted by Gasteiger charge is -2.06. The molecule has 90 valence electrons. The SMILES string of the molecule is CCCc1c(CN)nnn1-c1ccc(Cl)cc1. The molecule has 1 aromatic heterocycles. The van der Waals surface area contributed by atoms with Crippen LogP contribution in [0.15, 0.2) is 24.3 Å². The van der Waals surface area contributed by atoms with Gasteiger partial charge in [0.2, 0.25) is 0 Å². The highest BCUT2D eigenvalue weighted by molar-refractivity contribution is 6.30. The van der Waals surface area contributed by atoms with Gasteiger partial charge in [0, 0.05) is 11.6 Å². The highest BCUT2D eigenvalue weighted by Gasteiger charge is 2.11. The van der Waals surface area contributed by atoms with E-state index >= 15 is 0 Å². The van der Waals surface area contributed by atoms with Crippen LogP contribution in [0.1, 0.15) is 24.7 Å². The molecule has 2 aromatic rings. The molecule has 2 N–H and O–H groups in total. The van der Waals surface area contributed by atoms with Crippen LogP contribution >= 0.6 is 11.6 Å². The largest absolute Gasteiger partial charge is 0.325 e. The van der Waals surface area contributed by atoms with Crippen molar-refractivity contribution in [3.63, 3.8) is 0 Å². The molecule has 0 spiro atoms. The Morgan fingerprint density at radius 3 is 2.59 bits per heavy atom. The van der Waals surface area contributed by atoms with Crippen molar-refractivity contribution in [1.82, 2.24) is 15.0 Å². The van der Waals surface area contributed by atoms with E-state index in [2.05, 4.69) is 17.2 Å². The number of hydrogen-bond donors (Lipinski definition) is 1. The molecular weight excluding hydrogens is 236 g/mol. The highest BCUT2D eigenvalue weighted by Crippen LogP contribution is 2.17. The zero-order valence-corrected chi connectivity index (χ0v) is 10.5. The zero-order valence-electron chi connectivity index (χ0n) is 9.73. The molecular formula is C12H15ClN4. The van der Waals surface area contributed by atoms with Crippen LogP contribution in [0.25, 0.3) is 5.69 Å². The van der Waals surface area contributed by atoms with Crippen molar-refractivity contribution in [2.45, 2.75) is 26.3 Å². The van der Waals surface area contributed by atoms with Crippen molar-refractivity contribution < 1.29 is 0 Å². The van der Waals surface area contributed by atoms with Gasteiger partial charge in [0.05, 0.1) is 17.1 Å². The van der Waals surface area contributed by atoms with Crippen LogP contribution in [-0.4, -0.2) is 15.0 Å². The number of hydrogen-bond acceptors (Lipinski definition) is 3. The maximum absolute atomic E-state index is 5.87. The van der Waals surface area contributed by atoms with Gasteiger partial charge in [0.1, 0.15) is 0 Å². The number of benzene rings is 1. The molecule has 0 saturated heterocycles. The average Bonchev–Trinajstić information content (AvgIpc) is 2.74. The van der Waals surface area contributed by atoms with Crippen molar-refractivity contribution in [2.24, 2.45) is 5.73 Å². The molecule has 0 aliphatic heterocycles. The van der Waals surface area contributed by atoms with Crippen LogP contribution in [0, 0.1) is 0 Å². The number of nitrogens with two attached hydrogens (primary N) is 1. The molecule has 0 aliphatic carbocycles. The first kappa shape index (κ1) is 12.1. The van der Waals surface area contributed by atoms with E-state index in [-0.39, 0.29) is 0 Å². The molecule has 0 saturated carbocycles. The lowest BCUT2D eigenvalue weighted by molar-refractivity contribution is 0.745. The maximum Gasteiger partial charge on any atom is 0.0999 e. The predicted octanol–water partition coefficient (Wildman–Crippen LogP) is 2.33. The van der Waals surface area contributed by atoms with Crippen molar-refractivity contribution in [2.75, 3.05) is 0 Å². The standard InChI is InChI=1S/C12H15ClN4/c1-2-3-12-11(8-14)15-16-17(12)10-6-4-9(13)5-7-10/h4-7H,2-3,8,14H2,1H3. The third-order valence-corrected chi connectivity index (χ3v) is 2.85. The second-order valence-electron chi connectivity index (χ2n) is 3.83. The van der Waals surface area contributed by atoms with Gasteiger partial charge in [-0.15, -0.1) is 5.10 Å². The average molecular weight is 251 g/mol. The minimum absolute atomic E-state index is 0.420. The Morgan fingerprint density at radius 2 is 2.00 bits per heavy atom. The third kappa shape index (κ3) is 2.48.